The molecule has 1 N–H and O–H groups in total. The molecule has 0 aliphatic heterocycles. The first-order chi connectivity index (χ1) is 6.70. The van der Waals surface area contributed by atoms with E-state index in [-0.39, 0.29) is 0 Å². The maximum absolute atomic E-state index is 4.33. The van der Waals surface area contributed by atoms with Crippen LogP contribution in [0.2, 0.25) is 0 Å². The molecule has 1 heterocycles. The maximum atomic E-state index is 4.33. The van der Waals surface area contributed by atoms with Crippen LogP contribution in [0.4, 0.5) is 0 Å². The molecule has 1 saturated carbocycles. The van der Waals surface area contributed by atoms with E-state index in [9.17, 15) is 0 Å². The van der Waals surface area contributed by atoms with Gasteiger partial charge in [-0.3, -0.25) is 4.68 Å². The third kappa shape index (κ3) is 1.98. The molecule has 0 saturated heterocycles. The van der Waals surface area contributed by atoms with Gasteiger partial charge in [-0.1, -0.05) is 13.3 Å². The highest BCUT2D eigenvalue weighted by molar-refractivity contribution is 5.09. The molecule has 2 rings (SSSR count). The minimum absolute atomic E-state index is 0.759. The lowest BCUT2D eigenvalue weighted by atomic mass is 10.3. The second-order valence-electron chi connectivity index (χ2n) is 4.29. The van der Waals surface area contributed by atoms with Gasteiger partial charge in [-0.25, -0.2) is 0 Å². The van der Waals surface area contributed by atoms with Crippen LogP contribution in [0.1, 0.15) is 31.2 Å². The standard InChI is InChI=1S/C11H19N3/c1-4-9-6-11(9)12-7-10-5-8(2)13-14(10)3/h5,9,11-12H,4,6-7H2,1-3H3. The van der Waals surface area contributed by atoms with Gasteiger partial charge in [0.05, 0.1) is 11.4 Å². The summed E-state index contributed by atoms with van der Waals surface area (Å²) in [7, 11) is 2.01. The number of rotatable bonds is 4. The molecular weight excluding hydrogens is 174 g/mol. The summed E-state index contributed by atoms with van der Waals surface area (Å²) >= 11 is 0. The highest BCUT2D eigenvalue weighted by Crippen LogP contribution is 2.33. The minimum atomic E-state index is 0.759. The van der Waals surface area contributed by atoms with Crippen molar-refractivity contribution < 1.29 is 0 Å². The topological polar surface area (TPSA) is 29.9 Å². The van der Waals surface area contributed by atoms with E-state index < -0.39 is 0 Å². The predicted octanol–water partition coefficient (Wildman–Crippen LogP) is 1.62. The van der Waals surface area contributed by atoms with Gasteiger partial charge < -0.3 is 5.32 Å². The number of hydrogen-bond donors (Lipinski definition) is 1. The lowest BCUT2D eigenvalue weighted by molar-refractivity contribution is 0.588. The zero-order chi connectivity index (χ0) is 10.1. The summed E-state index contributed by atoms with van der Waals surface area (Å²) in [4.78, 5) is 0. The van der Waals surface area contributed by atoms with Crippen molar-refractivity contribution in [3.8, 4) is 0 Å². The summed E-state index contributed by atoms with van der Waals surface area (Å²) in [6.45, 7) is 5.26. The molecule has 1 fully saturated rings. The van der Waals surface area contributed by atoms with Crippen molar-refractivity contribution in [1.29, 1.82) is 0 Å². The molecule has 14 heavy (non-hydrogen) atoms. The summed E-state index contributed by atoms with van der Waals surface area (Å²) in [6.07, 6.45) is 2.66. The monoisotopic (exact) mass is 193 g/mol. The summed E-state index contributed by atoms with van der Waals surface area (Å²) in [5.41, 5.74) is 2.39. The summed E-state index contributed by atoms with van der Waals surface area (Å²) in [6, 6.07) is 2.91. The molecule has 0 amide bonds. The van der Waals surface area contributed by atoms with Crippen molar-refractivity contribution in [2.24, 2.45) is 13.0 Å². The van der Waals surface area contributed by atoms with Gasteiger partial charge in [-0.2, -0.15) is 5.10 Å². The number of hydrogen-bond acceptors (Lipinski definition) is 2. The molecule has 0 bridgehead atoms. The normalized spacial score (nSPS) is 25.4. The molecule has 78 valence electrons. The van der Waals surface area contributed by atoms with Gasteiger partial charge in [0.1, 0.15) is 0 Å². The molecule has 3 nitrogen and oxygen atoms in total. The van der Waals surface area contributed by atoms with Gasteiger partial charge in [-0.15, -0.1) is 0 Å². The number of nitrogens with one attached hydrogen (secondary N) is 1. The number of aryl methyl sites for hydroxylation is 2. The van der Waals surface area contributed by atoms with Crippen LogP contribution in [0.5, 0.6) is 0 Å². The first-order valence-corrected chi connectivity index (χ1v) is 5.43. The molecule has 0 radical (unpaired) electrons. The highest BCUT2D eigenvalue weighted by atomic mass is 15.3. The van der Waals surface area contributed by atoms with Crippen LogP contribution in [0.15, 0.2) is 6.07 Å². The first-order valence-electron chi connectivity index (χ1n) is 5.43. The van der Waals surface area contributed by atoms with Crippen molar-refractivity contribution in [2.75, 3.05) is 0 Å². The van der Waals surface area contributed by atoms with E-state index in [1.165, 1.54) is 18.5 Å². The smallest absolute Gasteiger partial charge is 0.0597 e. The summed E-state index contributed by atoms with van der Waals surface area (Å²) in [5, 5.41) is 7.89. The van der Waals surface area contributed by atoms with Gasteiger partial charge >= 0.3 is 0 Å². The van der Waals surface area contributed by atoms with Crippen molar-refractivity contribution in [3.63, 3.8) is 0 Å². The van der Waals surface area contributed by atoms with Crippen molar-refractivity contribution in [2.45, 2.75) is 39.3 Å². The molecule has 1 aromatic heterocycles. The maximum Gasteiger partial charge on any atom is 0.0597 e. The second-order valence-corrected chi connectivity index (χ2v) is 4.29. The fourth-order valence-corrected chi connectivity index (χ4v) is 2.01. The molecule has 0 aromatic carbocycles. The zero-order valence-electron chi connectivity index (χ0n) is 9.25. The van der Waals surface area contributed by atoms with Gasteiger partial charge in [0.25, 0.3) is 0 Å². The number of aromatic nitrogens is 2. The van der Waals surface area contributed by atoms with Crippen molar-refractivity contribution in [1.82, 2.24) is 15.1 Å². The Morgan fingerprint density at radius 1 is 1.64 bits per heavy atom. The van der Waals surface area contributed by atoms with E-state index >= 15 is 0 Å². The van der Waals surface area contributed by atoms with E-state index in [0.29, 0.717) is 0 Å². The quantitative estimate of drug-likeness (QED) is 0.787. The zero-order valence-corrected chi connectivity index (χ0v) is 9.25. The Hall–Kier alpha value is -0.830. The fourth-order valence-electron chi connectivity index (χ4n) is 2.01. The average Bonchev–Trinajstić information content (AvgIpc) is 2.83. The van der Waals surface area contributed by atoms with E-state index in [2.05, 4.69) is 23.4 Å². The van der Waals surface area contributed by atoms with Gasteiger partial charge in [0, 0.05) is 19.6 Å². The highest BCUT2D eigenvalue weighted by Gasteiger charge is 2.34. The Bertz CT molecular complexity index is 316. The SMILES string of the molecule is CCC1CC1NCc1cc(C)nn1C. The molecule has 2 unspecified atom stereocenters. The predicted molar refractivity (Wildman–Crippen MR) is 57.0 cm³/mol. The Balaban J connectivity index is 1.84. The van der Waals surface area contributed by atoms with Crippen LogP contribution < -0.4 is 5.32 Å². The van der Waals surface area contributed by atoms with Crippen LogP contribution in [0.25, 0.3) is 0 Å². The van der Waals surface area contributed by atoms with Gasteiger partial charge in [0.15, 0.2) is 0 Å². The Labute approximate surface area is 85.5 Å². The third-order valence-electron chi connectivity index (χ3n) is 3.09. The van der Waals surface area contributed by atoms with Crippen LogP contribution in [-0.4, -0.2) is 15.8 Å². The molecule has 1 aliphatic rings. The van der Waals surface area contributed by atoms with Crippen LogP contribution in [0.3, 0.4) is 0 Å². The van der Waals surface area contributed by atoms with E-state index in [1.54, 1.807) is 0 Å². The Morgan fingerprint density at radius 2 is 2.43 bits per heavy atom. The lowest BCUT2D eigenvalue weighted by Crippen LogP contribution is -2.19. The van der Waals surface area contributed by atoms with Crippen LogP contribution in [0, 0.1) is 12.8 Å². The van der Waals surface area contributed by atoms with Crippen molar-refractivity contribution in [3.05, 3.63) is 17.5 Å². The van der Waals surface area contributed by atoms with E-state index in [4.69, 9.17) is 0 Å². The Morgan fingerprint density at radius 3 is 2.93 bits per heavy atom. The van der Waals surface area contributed by atoms with Crippen LogP contribution in [-0.2, 0) is 13.6 Å². The molecular formula is C11H19N3. The minimum Gasteiger partial charge on any atom is -0.308 e. The van der Waals surface area contributed by atoms with Gasteiger partial charge in [-0.05, 0) is 25.3 Å². The number of nitrogens with zero attached hydrogens (tertiary/aromatic N) is 2. The lowest BCUT2D eigenvalue weighted by Gasteiger charge is -2.03. The largest absolute Gasteiger partial charge is 0.308 e. The molecule has 2 atom stereocenters. The summed E-state index contributed by atoms with van der Waals surface area (Å²) < 4.78 is 1.96. The van der Waals surface area contributed by atoms with E-state index in [0.717, 1.165) is 24.2 Å². The molecule has 3 heteroatoms. The first kappa shape index (κ1) is 9.71. The van der Waals surface area contributed by atoms with Crippen LogP contribution >= 0.6 is 0 Å². The van der Waals surface area contributed by atoms with Crippen molar-refractivity contribution >= 4 is 0 Å². The second kappa shape index (κ2) is 3.73. The fraction of sp³-hybridized carbons (Fsp3) is 0.727. The summed E-state index contributed by atoms with van der Waals surface area (Å²) in [5.74, 6) is 0.921. The third-order valence-corrected chi connectivity index (χ3v) is 3.09. The van der Waals surface area contributed by atoms with E-state index in [1.807, 2.05) is 18.7 Å². The Kier molecular flexibility index (Phi) is 2.59. The average molecular weight is 193 g/mol. The molecule has 0 spiro atoms. The molecule has 1 aliphatic carbocycles. The van der Waals surface area contributed by atoms with Gasteiger partial charge in [0.2, 0.25) is 0 Å². The molecule has 1 aromatic rings.